The van der Waals surface area contributed by atoms with Gasteiger partial charge in [0.2, 0.25) is 0 Å². The Bertz CT molecular complexity index is 2730. The summed E-state index contributed by atoms with van der Waals surface area (Å²) in [7, 11) is -10.8. The molecule has 10 rings (SSSR count). The van der Waals surface area contributed by atoms with Gasteiger partial charge in [0.25, 0.3) is 0 Å². The van der Waals surface area contributed by atoms with Crippen LogP contribution in [-0.2, 0) is 50.9 Å². The van der Waals surface area contributed by atoms with E-state index in [-0.39, 0.29) is 34.0 Å². The van der Waals surface area contributed by atoms with E-state index in [1.807, 2.05) is 12.1 Å². The Hall–Kier alpha value is -5.90. The number of ether oxygens (including phenoxy) is 6. The van der Waals surface area contributed by atoms with E-state index in [0.717, 1.165) is 0 Å². The van der Waals surface area contributed by atoms with Crippen molar-refractivity contribution in [1.82, 2.24) is 49.7 Å². The summed E-state index contributed by atoms with van der Waals surface area (Å²) in [5.41, 5.74) is 2.32. The first-order valence-corrected chi connectivity index (χ1v) is 24.5. The summed E-state index contributed by atoms with van der Waals surface area (Å²) in [4.78, 5) is 72.2. The highest BCUT2D eigenvalue weighted by Crippen LogP contribution is 2.61. The number of hydrogen-bond acceptors (Lipinski definition) is 19. The summed E-state index contributed by atoms with van der Waals surface area (Å²) < 4.78 is 83.1. The van der Waals surface area contributed by atoms with Crippen molar-refractivity contribution in [3.05, 3.63) is 97.1 Å². The van der Waals surface area contributed by atoms with Crippen LogP contribution in [0, 0.1) is 0 Å². The van der Waals surface area contributed by atoms with Crippen molar-refractivity contribution in [2.24, 2.45) is 0 Å². The van der Waals surface area contributed by atoms with E-state index >= 15 is 0 Å². The van der Waals surface area contributed by atoms with Crippen molar-refractivity contribution in [3.63, 3.8) is 0 Å². The maximum Gasteiger partial charge on any atom is 0.481 e. The van der Waals surface area contributed by atoms with Crippen LogP contribution < -0.4 is 21.3 Å². The van der Waals surface area contributed by atoms with Crippen LogP contribution in [0.1, 0.15) is 50.0 Å². The summed E-state index contributed by atoms with van der Waals surface area (Å²) in [6.45, 7) is 2.86. The molecule has 0 spiro atoms. The molecule has 0 aliphatic carbocycles. The third-order valence-corrected chi connectivity index (χ3v) is 13.9. The molecule has 2 aromatic carbocycles. The quantitative estimate of drug-likeness (QED) is 0.0747. The Morgan fingerprint density at radius 1 is 0.594 bits per heavy atom. The number of nitrogens with one attached hydrogen (secondary N) is 4. The molecule has 4 aromatic heterocycles. The highest BCUT2D eigenvalue weighted by atomic mass is 31.3. The third kappa shape index (κ3) is 9.70. The first-order chi connectivity index (χ1) is 33.4. The number of rotatable bonds is 16. The van der Waals surface area contributed by atoms with Gasteiger partial charge in [-0.3, -0.25) is 28.8 Å². The molecule has 0 bridgehead atoms. The fraction of sp³-hybridized carbons (Fsp3) is 0.400. The summed E-state index contributed by atoms with van der Waals surface area (Å²) in [6, 6.07) is 17.0. The van der Waals surface area contributed by atoms with Crippen LogP contribution in [0.2, 0.25) is 0 Å². The van der Waals surface area contributed by atoms with Gasteiger partial charge >= 0.3 is 27.7 Å². The number of anilines is 2. The maximum absolute atomic E-state index is 13.4. The normalized spacial score (nSPS) is 27.9. The van der Waals surface area contributed by atoms with E-state index in [9.17, 15) is 28.5 Å². The zero-order chi connectivity index (χ0) is 47.9. The smallest absolute Gasteiger partial charge is 0.347 e. The highest BCUT2D eigenvalue weighted by Gasteiger charge is 2.56. The Balaban J connectivity index is 0.832. The maximum atomic E-state index is 13.4. The van der Waals surface area contributed by atoms with Crippen LogP contribution in [0.15, 0.2) is 86.0 Å². The Labute approximate surface area is 390 Å². The molecule has 4 aliphatic heterocycles. The van der Waals surface area contributed by atoms with Gasteiger partial charge in [0, 0.05) is 24.2 Å². The van der Waals surface area contributed by atoms with Crippen molar-refractivity contribution in [3.8, 4) is 0 Å². The van der Waals surface area contributed by atoms with Crippen molar-refractivity contribution in [1.29, 1.82) is 0 Å². The fourth-order valence-electron chi connectivity index (χ4n) is 8.32. The minimum Gasteiger partial charge on any atom is -0.347 e. The Morgan fingerprint density at radius 2 is 1.00 bits per heavy atom. The number of benzene rings is 2. The average Bonchev–Trinajstić information content (AvgIpc) is 4.20. The fourth-order valence-corrected chi connectivity index (χ4v) is 10.4. The zero-order valence-electron chi connectivity index (χ0n) is 36.4. The van der Waals surface area contributed by atoms with Gasteiger partial charge < -0.3 is 48.8 Å². The number of amides is 4. The van der Waals surface area contributed by atoms with E-state index in [4.69, 9.17) is 41.8 Å². The highest BCUT2D eigenvalue weighted by molar-refractivity contribution is 7.61. The van der Waals surface area contributed by atoms with Gasteiger partial charge in [-0.1, -0.05) is 60.7 Å². The van der Waals surface area contributed by atoms with E-state index < -0.39 is 103 Å². The molecule has 4 amide bonds. The lowest BCUT2D eigenvalue weighted by molar-refractivity contribution is -0.153. The summed E-state index contributed by atoms with van der Waals surface area (Å²) in [5, 5.41) is 10.5. The lowest BCUT2D eigenvalue weighted by Crippen LogP contribution is -2.32. The summed E-state index contributed by atoms with van der Waals surface area (Å²) in [5.74, 6) is 0.255. The van der Waals surface area contributed by atoms with Gasteiger partial charge in [0.15, 0.2) is 59.0 Å². The Morgan fingerprint density at radius 3 is 1.41 bits per heavy atom. The summed E-state index contributed by atoms with van der Waals surface area (Å²) >= 11 is 0. The van der Waals surface area contributed by atoms with Gasteiger partial charge in [-0.25, -0.2) is 48.6 Å². The van der Waals surface area contributed by atoms with E-state index in [0.29, 0.717) is 24.2 Å². The van der Waals surface area contributed by atoms with Crippen molar-refractivity contribution in [2.75, 3.05) is 36.9 Å². The number of urea groups is 2. The van der Waals surface area contributed by atoms with Crippen molar-refractivity contribution >= 4 is 61.7 Å². The molecule has 8 heterocycles. The number of imidazole rings is 2. The van der Waals surface area contributed by atoms with Gasteiger partial charge in [0.05, 0.1) is 25.9 Å². The molecular formula is C40H44N12O15P2. The van der Waals surface area contributed by atoms with Crippen LogP contribution in [-0.4, -0.2) is 124 Å². The Kier molecular flexibility index (Phi) is 13.2. The van der Waals surface area contributed by atoms with E-state index in [2.05, 4.69) is 51.2 Å². The van der Waals surface area contributed by atoms with Crippen LogP contribution in [0.4, 0.5) is 21.2 Å². The van der Waals surface area contributed by atoms with Gasteiger partial charge in [-0.15, -0.1) is 0 Å². The lowest BCUT2D eigenvalue weighted by Gasteiger charge is -2.23. The number of fused-ring (bicyclic) bond motifs is 4. The molecule has 4 fully saturated rings. The molecule has 69 heavy (non-hydrogen) atoms. The largest absolute Gasteiger partial charge is 0.481 e. The van der Waals surface area contributed by atoms with Crippen LogP contribution in [0.3, 0.4) is 0 Å². The molecule has 364 valence electrons. The second-order valence-electron chi connectivity index (χ2n) is 15.7. The second-order valence-corrected chi connectivity index (χ2v) is 18.7. The second kappa shape index (κ2) is 19.5. The molecule has 6 N–H and O–H groups in total. The molecule has 12 atom stereocenters. The predicted molar refractivity (Wildman–Crippen MR) is 234 cm³/mol. The average molecular weight is 995 g/mol. The topological polar surface area (TPSA) is 327 Å². The molecule has 6 aromatic rings. The molecule has 7 unspecified atom stereocenters. The number of phosphoric ester groups is 2. The summed E-state index contributed by atoms with van der Waals surface area (Å²) in [6.07, 6.45) is -4.39. The minimum atomic E-state index is -5.41. The number of phosphoric acid groups is 2. The predicted octanol–water partition coefficient (Wildman–Crippen LogP) is 3.96. The first-order valence-electron chi connectivity index (χ1n) is 21.5. The minimum absolute atomic E-state index is 0.127. The molecule has 29 heteroatoms. The molecule has 27 nitrogen and oxygen atoms in total. The van der Waals surface area contributed by atoms with E-state index in [1.165, 1.54) is 34.4 Å². The molecular weight excluding hydrogens is 950 g/mol. The third-order valence-electron chi connectivity index (χ3n) is 11.3. The van der Waals surface area contributed by atoms with Gasteiger partial charge in [-0.2, -0.15) is 4.31 Å². The number of carbonyl (C=O) groups excluding carboxylic acids is 2. The number of hydrogen-bond donors (Lipinski definition) is 6. The number of aromatic nitrogens is 8. The number of carbonyl (C=O) groups is 2. The SMILES string of the molecule is CCNC(=O)Nc1ncnc2c1ncn2[C@@H]1O[C@H](COP(=O)(O)OP(=O)(O)OC[C@H]2O[C@@H](n3cnc4c(NC(=O)NCC)ncnc43)[C@H]3OC(c4ccccc4)OC23)C2OC(c3ccccc3)OC21. The molecule has 0 saturated carbocycles. The molecule has 4 saturated heterocycles. The van der Waals surface area contributed by atoms with Crippen molar-refractivity contribution in [2.45, 2.75) is 75.5 Å². The van der Waals surface area contributed by atoms with E-state index in [1.54, 1.807) is 62.4 Å². The molecule has 4 aliphatic rings. The number of nitrogens with zero attached hydrogens (tertiary/aromatic N) is 8. The van der Waals surface area contributed by atoms with Gasteiger partial charge in [0.1, 0.15) is 49.3 Å². The monoisotopic (exact) mass is 994 g/mol. The van der Waals surface area contributed by atoms with Gasteiger partial charge in [-0.05, 0) is 13.8 Å². The van der Waals surface area contributed by atoms with Crippen LogP contribution in [0.25, 0.3) is 22.3 Å². The lowest BCUT2D eigenvalue weighted by atomic mass is 10.1. The zero-order valence-corrected chi connectivity index (χ0v) is 38.1. The first kappa shape index (κ1) is 46.8. The standard InChI is InChI=1S/C40H44N12O15P2/c1-3-41-39(53)49-31-25-33(45-17-43-31)51(19-47-25)35-29-27(63-37(65-29)21-11-7-5-8-12-21)23(61-35)15-59-68(55,56)67-69(57,58)60-16-24-28-30(66-38(64-28)22-13-9-6-10-14-22)36(62-24)52-20-48-26-32(44-18-46-34(26)52)50-40(54)42-4-2/h5-14,17-20,23-24,27-30,35-38H,3-4,15-16H2,1-2H3,(H,55,56)(H,57,58)(H2,41,43,45,49,53)(H2,42,44,46,50,54)/t23-,24-,27?,28?,29+,30?,35-,36-,37?,38?/m1/s1. The van der Waals surface area contributed by atoms with Crippen molar-refractivity contribution < 1.29 is 70.3 Å². The van der Waals surface area contributed by atoms with Crippen LogP contribution >= 0.6 is 15.6 Å². The molecule has 0 radical (unpaired) electrons. The van der Waals surface area contributed by atoms with Crippen LogP contribution in [0.5, 0.6) is 0 Å².